The van der Waals surface area contributed by atoms with Crippen LogP contribution < -0.4 is 10.6 Å². The molecular formula is C20H29IN4O3S. The maximum atomic E-state index is 10.8. The third-order valence-corrected chi connectivity index (χ3v) is 5.12. The zero-order chi connectivity index (χ0) is 20.2. The molecule has 1 atom stereocenters. The van der Waals surface area contributed by atoms with Gasteiger partial charge in [-0.3, -0.25) is 10.1 Å². The van der Waals surface area contributed by atoms with Crippen molar-refractivity contribution in [1.82, 2.24) is 10.6 Å². The van der Waals surface area contributed by atoms with Crippen LogP contribution in [0.1, 0.15) is 43.2 Å². The second kappa shape index (κ2) is 14.3. The number of ether oxygens (including phenoxy) is 1. The van der Waals surface area contributed by atoms with Crippen LogP contribution in [0.5, 0.6) is 0 Å². The summed E-state index contributed by atoms with van der Waals surface area (Å²) < 4.78 is 5.38. The average molecular weight is 532 g/mol. The molecule has 1 aromatic heterocycles. The van der Waals surface area contributed by atoms with Gasteiger partial charge in [0.25, 0.3) is 5.69 Å². The summed E-state index contributed by atoms with van der Waals surface area (Å²) in [6, 6.07) is 10.9. The minimum absolute atomic E-state index is 0. The molecule has 0 spiro atoms. The lowest BCUT2D eigenvalue weighted by molar-refractivity contribution is -0.384. The Kier molecular flexibility index (Phi) is 12.5. The standard InChI is InChI=1S/C20H28N4O3S.HI/c1-3-18(19-7-5-14-28-19)23-20(21-12-6-13-27-4-2)22-15-16-8-10-17(11-9-16)24(25)26;/h5,7-11,14,18H,3-4,6,12-13,15H2,1-2H3,(H2,21,22,23);1H. The number of nitrogens with one attached hydrogen (secondary N) is 2. The predicted octanol–water partition coefficient (Wildman–Crippen LogP) is 4.89. The number of thiophene rings is 1. The van der Waals surface area contributed by atoms with Crippen molar-refractivity contribution in [1.29, 1.82) is 0 Å². The number of nitro groups is 1. The topological polar surface area (TPSA) is 88.8 Å². The molecule has 160 valence electrons. The maximum absolute atomic E-state index is 10.8. The molecule has 1 unspecified atom stereocenters. The van der Waals surface area contributed by atoms with E-state index in [9.17, 15) is 10.1 Å². The van der Waals surface area contributed by atoms with E-state index in [1.807, 2.05) is 13.0 Å². The number of hydrogen-bond acceptors (Lipinski definition) is 5. The first-order valence-corrected chi connectivity index (χ1v) is 10.4. The number of hydrogen-bond donors (Lipinski definition) is 2. The van der Waals surface area contributed by atoms with Gasteiger partial charge in [-0.2, -0.15) is 0 Å². The summed E-state index contributed by atoms with van der Waals surface area (Å²) in [6.45, 7) is 6.75. The summed E-state index contributed by atoms with van der Waals surface area (Å²) in [7, 11) is 0. The van der Waals surface area contributed by atoms with Gasteiger partial charge in [0.05, 0.1) is 17.5 Å². The molecule has 0 bridgehead atoms. The van der Waals surface area contributed by atoms with E-state index in [0.29, 0.717) is 13.2 Å². The molecule has 0 fully saturated rings. The Morgan fingerprint density at radius 1 is 1.28 bits per heavy atom. The monoisotopic (exact) mass is 532 g/mol. The van der Waals surface area contributed by atoms with Gasteiger partial charge in [0.1, 0.15) is 0 Å². The van der Waals surface area contributed by atoms with E-state index >= 15 is 0 Å². The number of halogens is 1. The van der Waals surface area contributed by atoms with Crippen LogP contribution >= 0.6 is 35.3 Å². The highest BCUT2D eigenvalue weighted by molar-refractivity contribution is 14.0. The highest BCUT2D eigenvalue weighted by Crippen LogP contribution is 2.21. The number of non-ortho nitro benzene ring substituents is 1. The average Bonchev–Trinajstić information content (AvgIpc) is 3.24. The van der Waals surface area contributed by atoms with Crippen molar-refractivity contribution >= 4 is 47.0 Å². The predicted molar refractivity (Wildman–Crippen MR) is 129 cm³/mol. The van der Waals surface area contributed by atoms with Gasteiger partial charge in [-0.05, 0) is 36.8 Å². The molecule has 0 aliphatic carbocycles. The molecule has 2 N–H and O–H groups in total. The molecule has 7 nitrogen and oxygen atoms in total. The summed E-state index contributed by atoms with van der Waals surface area (Å²) in [5.74, 6) is 0.732. The third-order valence-electron chi connectivity index (χ3n) is 4.13. The lowest BCUT2D eigenvalue weighted by Gasteiger charge is -2.20. The Labute approximate surface area is 193 Å². The first-order valence-electron chi connectivity index (χ1n) is 9.53. The van der Waals surface area contributed by atoms with Crippen LogP contribution in [0.15, 0.2) is 46.8 Å². The summed E-state index contributed by atoms with van der Waals surface area (Å²) in [6.07, 6.45) is 1.83. The maximum Gasteiger partial charge on any atom is 0.269 e. The molecule has 0 amide bonds. The van der Waals surface area contributed by atoms with Crippen molar-refractivity contribution in [3.05, 3.63) is 62.3 Å². The van der Waals surface area contributed by atoms with Crippen molar-refractivity contribution in [2.45, 2.75) is 39.3 Å². The van der Waals surface area contributed by atoms with Gasteiger partial charge in [-0.1, -0.05) is 25.1 Å². The fourth-order valence-electron chi connectivity index (χ4n) is 2.60. The van der Waals surface area contributed by atoms with Crippen LogP contribution in [0.25, 0.3) is 0 Å². The second-order valence-corrected chi connectivity index (χ2v) is 7.17. The molecule has 29 heavy (non-hydrogen) atoms. The van der Waals surface area contributed by atoms with Gasteiger partial charge in [0.2, 0.25) is 0 Å². The van der Waals surface area contributed by atoms with Crippen LogP contribution in [0.3, 0.4) is 0 Å². The molecule has 0 saturated heterocycles. The van der Waals surface area contributed by atoms with Gasteiger partial charge < -0.3 is 15.4 Å². The van der Waals surface area contributed by atoms with Crippen LogP contribution in [-0.2, 0) is 11.3 Å². The Morgan fingerprint density at radius 3 is 2.62 bits per heavy atom. The summed E-state index contributed by atoms with van der Waals surface area (Å²) >= 11 is 1.72. The number of nitrogens with zero attached hydrogens (tertiary/aromatic N) is 2. The minimum atomic E-state index is -0.396. The number of benzene rings is 1. The van der Waals surface area contributed by atoms with Crippen molar-refractivity contribution in [2.24, 2.45) is 4.99 Å². The van der Waals surface area contributed by atoms with E-state index < -0.39 is 4.92 Å². The van der Waals surface area contributed by atoms with Crippen molar-refractivity contribution in [3.63, 3.8) is 0 Å². The van der Waals surface area contributed by atoms with Crippen LogP contribution in [0, 0.1) is 10.1 Å². The number of rotatable bonds is 11. The second-order valence-electron chi connectivity index (χ2n) is 6.19. The quantitative estimate of drug-likeness (QED) is 0.108. The van der Waals surface area contributed by atoms with Gasteiger partial charge in [-0.25, -0.2) is 4.99 Å². The highest BCUT2D eigenvalue weighted by Gasteiger charge is 2.12. The van der Waals surface area contributed by atoms with E-state index in [-0.39, 0.29) is 35.7 Å². The van der Waals surface area contributed by atoms with Gasteiger partial charge in [0.15, 0.2) is 5.96 Å². The lowest BCUT2D eigenvalue weighted by atomic mass is 10.2. The molecule has 0 aliphatic heterocycles. The van der Waals surface area contributed by atoms with Crippen LogP contribution in [0.4, 0.5) is 5.69 Å². The van der Waals surface area contributed by atoms with Crippen molar-refractivity contribution in [2.75, 3.05) is 19.8 Å². The first-order chi connectivity index (χ1) is 13.6. The van der Waals surface area contributed by atoms with Crippen LogP contribution in [0.2, 0.25) is 0 Å². The molecule has 2 aromatic rings. The molecule has 0 radical (unpaired) electrons. The van der Waals surface area contributed by atoms with E-state index in [1.165, 1.54) is 17.0 Å². The zero-order valence-electron chi connectivity index (χ0n) is 16.8. The minimum Gasteiger partial charge on any atom is -0.382 e. The number of guanidine groups is 1. The summed E-state index contributed by atoms with van der Waals surface area (Å²) in [5, 5.41) is 19.7. The number of aliphatic imine (C=N–C) groups is 1. The molecule has 1 aromatic carbocycles. The van der Waals surface area contributed by atoms with E-state index in [1.54, 1.807) is 23.5 Å². The fraction of sp³-hybridized carbons (Fsp3) is 0.450. The number of nitro benzene ring substituents is 1. The molecule has 2 rings (SSSR count). The van der Waals surface area contributed by atoms with E-state index in [4.69, 9.17) is 4.74 Å². The lowest BCUT2D eigenvalue weighted by Crippen LogP contribution is -2.40. The van der Waals surface area contributed by atoms with Gasteiger partial charge in [-0.15, -0.1) is 35.3 Å². The van der Waals surface area contributed by atoms with Gasteiger partial charge >= 0.3 is 0 Å². The van der Waals surface area contributed by atoms with Crippen molar-refractivity contribution in [3.8, 4) is 0 Å². The Hall–Kier alpha value is -1.72. The molecule has 1 heterocycles. The van der Waals surface area contributed by atoms with Gasteiger partial charge in [0, 0.05) is 36.8 Å². The first kappa shape index (κ1) is 25.3. The van der Waals surface area contributed by atoms with E-state index in [2.05, 4.69) is 34.0 Å². The highest BCUT2D eigenvalue weighted by atomic mass is 127. The largest absolute Gasteiger partial charge is 0.382 e. The normalized spacial score (nSPS) is 12.1. The Bertz CT molecular complexity index is 739. The Balaban J connectivity index is 0.00000420. The fourth-order valence-corrected chi connectivity index (χ4v) is 3.46. The smallest absolute Gasteiger partial charge is 0.269 e. The molecular weight excluding hydrogens is 503 g/mol. The van der Waals surface area contributed by atoms with Crippen LogP contribution in [-0.4, -0.2) is 30.6 Å². The Morgan fingerprint density at radius 2 is 2.03 bits per heavy atom. The van der Waals surface area contributed by atoms with Crippen molar-refractivity contribution < 1.29 is 9.66 Å². The van der Waals surface area contributed by atoms with E-state index in [0.717, 1.165) is 37.5 Å². The summed E-state index contributed by atoms with van der Waals surface area (Å²) in [5.41, 5.74) is 1.01. The SMILES string of the molecule is CCOCCCNC(=NCc1ccc([N+](=O)[O-])cc1)NC(CC)c1cccs1.I. The molecule has 9 heteroatoms. The zero-order valence-corrected chi connectivity index (χ0v) is 19.9. The molecule has 0 saturated carbocycles. The molecule has 0 aliphatic rings. The third kappa shape index (κ3) is 9.09. The summed E-state index contributed by atoms with van der Waals surface area (Å²) in [4.78, 5) is 16.3.